The van der Waals surface area contributed by atoms with Gasteiger partial charge in [-0.05, 0) is 53.7 Å². The van der Waals surface area contributed by atoms with Crippen molar-refractivity contribution in [2.24, 2.45) is 0 Å². The molecule has 1 rings (SSSR count). The van der Waals surface area contributed by atoms with Gasteiger partial charge < -0.3 is 9.29 Å². The summed E-state index contributed by atoms with van der Waals surface area (Å²) in [5.74, 6) is -1.10. The molecule has 0 fully saturated rings. The monoisotopic (exact) mass is 394 g/mol. The summed E-state index contributed by atoms with van der Waals surface area (Å²) in [5.41, 5.74) is -1.00. The molecule has 1 aromatic rings. The maximum absolute atomic E-state index is 14.5. The van der Waals surface area contributed by atoms with Crippen LogP contribution in [0, 0.1) is 5.82 Å². The fraction of sp³-hybridized carbons (Fsp3) is 0.588. The van der Waals surface area contributed by atoms with Gasteiger partial charge in [0.2, 0.25) is 0 Å². The predicted octanol–water partition coefficient (Wildman–Crippen LogP) is 4.83. The maximum atomic E-state index is 14.5. The topological polar surface area (TPSA) is 73.4 Å². The average molecular weight is 394 g/mol. The maximum Gasteiger partial charge on any atom is 0.411 e. The Hall–Kier alpha value is -1.45. The van der Waals surface area contributed by atoms with Crippen molar-refractivity contribution < 1.29 is 27.3 Å². The molecule has 0 saturated carbocycles. The molecule has 0 bridgehead atoms. The molecule has 0 aliphatic carbocycles. The fourth-order valence-corrected chi connectivity index (χ4v) is 2.78. The number of anilines is 1. The number of nitrogens with one attached hydrogen (secondary N) is 2. The van der Waals surface area contributed by atoms with Crippen LogP contribution in [-0.4, -0.2) is 21.5 Å². The smallest absolute Gasteiger partial charge is 0.411 e. The van der Waals surface area contributed by atoms with Gasteiger partial charge in [-0.25, -0.2) is 18.0 Å². The van der Waals surface area contributed by atoms with Gasteiger partial charge in [-0.3, -0.25) is 5.32 Å². The van der Waals surface area contributed by atoms with Crippen LogP contribution >= 0.6 is 0 Å². The number of alkyl halides is 2. The van der Waals surface area contributed by atoms with Crippen LogP contribution in [0.2, 0.25) is 0 Å². The van der Waals surface area contributed by atoms with Gasteiger partial charge in [0.1, 0.15) is 10.6 Å². The van der Waals surface area contributed by atoms with E-state index in [9.17, 15) is 22.5 Å². The minimum absolute atomic E-state index is 0.0301. The summed E-state index contributed by atoms with van der Waals surface area (Å²) in [6.45, 7) is 9.95. The van der Waals surface area contributed by atoms with Crippen LogP contribution in [0.5, 0.6) is 0 Å². The van der Waals surface area contributed by atoms with Gasteiger partial charge in [-0.15, -0.1) is 4.72 Å². The first-order valence-corrected chi connectivity index (χ1v) is 9.25. The predicted molar refractivity (Wildman–Crippen MR) is 96.0 cm³/mol. The normalized spacial score (nSPS) is 14.5. The molecular formula is C17H25F3N2O3S. The summed E-state index contributed by atoms with van der Waals surface area (Å²) in [6.07, 6.45) is -4.31. The van der Waals surface area contributed by atoms with Crippen molar-refractivity contribution in [3.8, 4) is 0 Å². The lowest BCUT2D eigenvalue weighted by atomic mass is 10.0. The standard InChI is InChI=1S/C17H25F3N2O3S/c1-9(2)25-16(23)21-11-7-12(14(18)13(8-11)15(19)20)10(3)22-26(24)17(4,5)6/h7-10,15,22H,1-6H3,(H,21,23)/t10-,26-/m1/s1. The summed E-state index contributed by atoms with van der Waals surface area (Å²) in [6, 6.07) is 1.26. The minimum Gasteiger partial charge on any atom is -0.598 e. The summed E-state index contributed by atoms with van der Waals surface area (Å²) in [4.78, 5) is 11.7. The van der Waals surface area contributed by atoms with E-state index in [-0.39, 0.29) is 11.3 Å². The summed E-state index contributed by atoms with van der Waals surface area (Å²) >= 11 is -1.53. The highest BCUT2D eigenvalue weighted by molar-refractivity contribution is 7.90. The van der Waals surface area contributed by atoms with E-state index in [1.165, 1.54) is 13.0 Å². The van der Waals surface area contributed by atoms with Crippen molar-refractivity contribution in [3.05, 3.63) is 29.1 Å². The largest absolute Gasteiger partial charge is 0.598 e. The highest BCUT2D eigenvalue weighted by Crippen LogP contribution is 2.32. The Morgan fingerprint density at radius 3 is 2.19 bits per heavy atom. The number of benzene rings is 1. The number of hydrogen-bond donors (Lipinski definition) is 2. The van der Waals surface area contributed by atoms with Crippen LogP contribution in [0.4, 0.5) is 23.7 Å². The van der Waals surface area contributed by atoms with E-state index in [0.29, 0.717) is 0 Å². The number of amides is 1. The zero-order chi connectivity index (χ0) is 20.2. The third-order valence-corrected chi connectivity index (χ3v) is 4.94. The molecule has 0 heterocycles. The van der Waals surface area contributed by atoms with Crippen molar-refractivity contribution in [1.82, 2.24) is 4.72 Å². The van der Waals surface area contributed by atoms with Crippen LogP contribution in [-0.2, 0) is 16.1 Å². The molecule has 5 nitrogen and oxygen atoms in total. The number of hydrogen-bond acceptors (Lipinski definition) is 4. The molecule has 26 heavy (non-hydrogen) atoms. The Labute approximate surface area is 155 Å². The fourth-order valence-electron chi connectivity index (χ4n) is 1.98. The summed E-state index contributed by atoms with van der Waals surface area (Å²) in [5, 5.41) is 2.31. The third-order valence-electron chi connectivity index (χ3n) is 3.26. The van der Waals surface area contributed by atoms with Gasteiger partial charge in [0.15, 0.2) is 0 Å². The third kappa shape index (κ3) is 6.37. The van der Waals surface area contributed by atoms with Crippen molar-refractivity contribution in [2.45, 2.75) is 64.9 Å². The Morgan fingerprint density at radius 2 is 1.73 bits per heavy atom. The molecular weight excluding hydrogens is 369 g/mol. The van der Waals surface area contributed by atoms with Gasteiger partial charge in [-0.1, -0.05) is 0 Å². The Balaban J connectivity index is 3.18. The second-order valence-corrected chi connectivity index (χ2v) is 9.07. The van der Waals surface area contributed by atoms with E-state index in [4.69, 9.17) is 4.74 Å². The highest BCUT2D eigenvalue weighted by Gasteiger charge is 2.30. The van der Waals surface area contributed by atoms with E-state index >= 15 is 0 Å². The van der Waals surface area contributed by atoms with E-state index in [2.05, 4.69) is 10.0 Å². The van der Waals surface area contributed by atoms with Crippen molar-refractivity contribution in [3.63, 3.8) is 0 Å². The van der Waals surface area contributed by atoms with Crippen LogP contribution in [0.25, 0.3) is 0 Å². The first-order chi connectivity index (χ1) is 11.8. The minimum atomic E-state index is -3.07. The molecule has 2 atom stereocenters. The molecule has 2 N–H and O–H groups in total. The molecule has 0 aliphatic heterocycles. The lowest BCUT2D eigenvalue weighted by molar-refractivity contribution is 0.129. The molecule has 0 aliphatic rings. The quantitative estimate of drug-likeness (QED) is 0.678. The molecule has 148 valence electrons. The van der Waals surface area contributed by atoms with Gasteiger partial charge in [0.25, 0.3) is 6.43 Å². The lowest BCUT2D eigenvalue weighted by Gasteiger charge is -2.27. The highest BCUT2D eigenvalue weighted by atomic mass is 32.2. The van der Waals surface area contributed by atoms with Gasteiger partial charge >= 0.3 is 6.09 Å². The lowest BCUT2D eigenvalue weighted by Crippen LogP contribution is -2.40. The Kier molecular flexibility index (Phi) is 7.79. The first-order valence-electron chi connectivity index (χ1n) is 8.10. The molecule has 0 spiro atoms. The van der Waals surface area contributed by atoms with Crippen molar-refractivity contribution in [2.75, 3.05) is 5.32 Å². The Bertz CT molecular complexity index is 636. The zero-order valence-electron chi connectivity index (χ0n) is 15.7. The zero-order valence-corrected chi connectivity index (χ0v) is 16.5. The number of rotatable bonds is 6. The number of carbonyl (C=O) groups excluding carboxylic acids is 1. The van der Waals surface area contributed by atoms with E-state index in [1.54, 1.807) is 34.6 Å². The first kappa shape index (κ1) is 22.6. The van der Waals surface area contributed by atoms with Gasteiger partial charge in [-0.2, -0.15) is 0 Å². The summed E-state index contributed by atoms with van der Waals surface area (Å²) < 4.78 is 60.0. The van der Waals surface area contributed by atoms with Crippen LogP contribution in [0.15, 0.2) is 12.1 Å². The SMILES string of the molecule is CC(C)OC(=O)Nc1cc(C(F)F)c(F)c([C@@H](C)N[S@+]([O-])C(C)(C)C)c1. The van der Waals surface area contributed by atoms with E-state index in [1.807, 2.05) is 0 Å². The van der Waals surface area contributed by atoms with E-state index < -0.39 is 52.2 Å². The molecule has 0 unspecified atom stereocenters. The molecule has 0 radical (unpaired) electrons. The Morgan fingerprint density at radius 1 is 1.19 bits per heavy atom. The second kappa shape index (κ2) is 8.96. The number of ether oxygens (including phenoxy) is 1. The molecule has 9 heteroatoms. The summed E-state index contributed by atoms with van der Waals surface area (Å²) in [7, 11) is 0. The van der Waals surface area contributed by atoms with Crippen LogP contribution in [0.3, 0.4) is 0 Å². The molecule has 1 amide bonds. The van der Waals surface area contributed by atoms with Gasteiger partial charge in [0.05, 0.1) is 17.7 Å². The molecule has 1 aromatic carbocycles. The van der Waals surface area contributed by atoms with Gasteiger partial charge in [0, 0.05) is 22.6 Å². The van der Waals surface area contributed by atoms with E-state index in [0.717, 1.165) is 6.07 Å². The average Bonchev–Trinajstić information content (AvgIpc) is 2.46. The van der Waals surface area contributed by atoms with Crippen molar-refractivity contribution in [1.29, 1.82) is 0 Å². The van der Waals surface area contributed by atoms with Crippen molar-refractivity contribution >= 4 is 23.1 Å². The molecule has 0 aromatic heterocycles. The van der Waals surface area contributed by atoms with Crippen LogP contribution < -0.4 is 10.0 Å². The number of halogens is 3. The molecule has 0 saturated heterocycles. The number of carbonyl (C=O) groups is 1. The second-order valence-electron chi connectivity index (χ2n) is 7.07. The van der Waals surface area contributed by atoms with Crippen LogP contribution in [0.1, 0.15) is 65.1 Å².